The van der Waals surface area contributed by atoms with Crippen molar-refractivity contribution in [2.45, 2.75) is 9.92 Å². The number of anilines is 1. The molecule has 2 aromatic rings. The predicted octanol–water partition coefficient (Wildman–Crippen LogP) is 1.50. The summed E-state index contributed by atoms with van der Waals surface area (Å²) in [5.41, 5.74) is 5.20. The highest BCUT2D eigenvalue weighted by atomic mass is 32.2. The molecule has 0 saturated heterocycles. The van der Waals surface area contributed by atoms with E-state index in [-0.39, 0.29) is 11.5 Å². The Balaban J connectivity index is 2.29. The van der Waals surface area contributed by atoms with Gasteiger partial charge >= 0.3 is 0 Å². The summed E-state index contributed by atoms with van der Waals surface area (Å²) in [6.45, 7) is 0. The van der Waals surface area contributed by atoms with E-state index < -0.39 is 0 Å². The quantitative estimate of drug-likeness (QED) is 0.751. The molecule has 0 amide bonds. The third kappa shape index (κ3) is 2.60. The molecule has 0 aliphatic carbocycles. The number of nitrogens with two attached hydrogens (primary N) is 1. The number of aromatic amines is 1. The van der Waals surface area contributed by atoms with Gasteiger partial charge in [0.2, 0.25) is 5.95 Å². The van der Waals surface area contributed by atoms with Crippen molar-refractivity contribution >= 4 is 17.7 Å². The zero-order chi connectivity index (χ0) is 10.7. The number of aromatic nitrogens is 2. The molecule has 0 aliphatic rings. The molecule has 5 heteroatoms. The van der Waals surface area contributed by atoms with Crippen LogP contribution in [0.5, 0.6) is 0 Å². The second-order valence-electron chi connectivity index (χ2n) is 2.88. The average Bonchev–Trinajstić information content (AvgIpc) is 2.17. The molecule has 0 aliphatic heterocycles. The first-order valence-electron chi connectivity index (χ1n) is 4.34. The first-order valence-corrected chi connectivity index (χ1v) is 5.15. The molecule has 1 aromatic heterocycles. The van der Waals surface area contributed by atoms with E-state index in [0.717, 1.165) is 4.90 Å². The normalized spacial score (nSPS) is 10.1. The van der Waals surface area contributed by atoms with Crippen LogP contribution in [0.25, 0.3) is 0 Å². The summed E-state index contributed by atoms with van der Waals surface area (Å²) in [5, 5.41) is 0.599. The topological polar surface area (TPSA) is 71.8 Å². The van der Waals surface area contributed by atoms with Crippen molar-refractivity contribution < 1.29 is 0 Å². The van der Waals surface area contributed by atoms with Crippen LogP contribution in [0.4, 0.5) is 5.95 Å². The number of hydrogen-bond donors (Lipinski definition) is 2. The third-order valence-electron chi connectivity index (χ3n) is 1.70. The Labute approximate surface area is 90.6 Å². The molecule has 2 rings (SSSR count). The van der Waals surface area contributed by atoms with Crippen LogP contribution in [0.3, 0.4) is 0 Å². The second-order valence-corrected chi connectivity index (χ2v) is 3.98. The van der Waals surface area contributed by atoms with E-state index in [4.69, 9.17) is 5.73 Å². The van der Waals surface area contributed by atoms with Crippen LogP contribution in [0.1, 0.15) is 0 Å². The van der Waals surface area contributed by atoms with Crippen molar-refractivity contribution in [3.05, 3.63) is 46.8 Å². The lowest BCUT2D eigenvalue weighted by atomic mass is 10.4. The highest BCUT2D eigenvalue weighted by Crippen LogP contribution is 2.24. The zero-order valence-electron chi connectivity index (χ0n) is 7.81. The molecular weight excluding hydrogens is 210 g/mol. The smallest absolute Gasteiger partial charge is 0.253 e. The molecule has 0 atom stereocenters. The number of rotatable bonds is 2. The fourth-order valence-electron chi connectivity index (χ4n) is 1.11. The van der Waals surface area contributed by atoms with Crippen LogP contribution >= 0.6 is 11.8 Å². The van der Waals surface area contributed by atoms with Crippen molar-refractivity contribution in [2.75, 3.05) is 5.73 Å². The lowest BCUT2D eigenvalue weighted by molar-refractivity contribution is 1.03. The van der Waals surface area contributed by atoms with Gasteiger partial charge in [-0.3, -0.25) is 9.78 Å². The number of nitrogens with zero attached hydrogens (tertiary/aromatic N) is 1. The molecule has 1 heterocycles. The van der Waals surface area contributed by atoms with Crippen molar-refractivity contribution in [3.8, 4) is 0 Å². The Bertz CT molecular complexity index is 510. The van der Waals surface area contributed by atoms with Crippen LogP contribution in [0.15, 0.2) is 51.1 Å². The molecule has 3 N–H and O–H groups in total. The number of nitrogen functional groups attached to an aromatic ring is 1. The Morgan fingerprint density at radius 2 is 2.00 bits per heavy atom. The minimum atomic E-state index is -0.235. The Hall–Kier alpha value is -1.75. The van der Waals surface area contributed by atoms with Crippen molar-refractivity contribution in [3.63, 3.8) is 0 Å². The molecule has 1 aromatic carbocycles. The predicted molar refractivity (Wildman–Crippen MR) is 59.8 cm³/mol. The molecule has 4 nitrogen and oxygen atoms in total. The maximum Gasteiger partial charge on any atom is 0.253 e. The van der Waals surface area contributed by atoms with Crippen molar-refractivity contribution in [2.24, 2.45) is 0 Å². The van der Waals surface area contributed by atoms with Gasteiger partial charge < -0.3 is 5.73 Å². The molecular formula is C10H9N3OS. The van der Waals surface area contributed by atoms with E-state index in [0.29, 0.717) is 5.03 Å². The van der Waals surface area contributed by atoms with Gasteiger partial charge in [0.25, 0.3) is 5.56 Å². The number of hydrogen-bond acceptors (Lipinski definition) is 4. The third-order valence-corrected chi connectivity index (χ3v) is 2.63. The lowest BCUT2D eigenvalue weighted by Crippen LogP contribution is -2.09. The van der Waals surface area contributed by atoms with Crippen molar-refractivity contribution in [1.82, 2.24) is 9.97 Å². The summed E-state index contributed by atoms with van der Waals surface area (Å²) in [7, 11) is 0. The standard InChI is InChI=1S/C10H9N3OS/c11-10-12-8(14)6-9(13-10)15-7-4-2-1-3-5-7/h1-6H,(H3,11,12,13,14). The number of benzene rings is 1. The van der Waals surface area contributed by atoms with Gasteiger partial charge in [-0.05, 0) is 12.1 Å². The van der Waals surface area contributed by atoms with Gasteiger partial charge in [-0.1, -0.05) is 30.0 Å². The second kappa shape index (κ2) is 4.18. The van der Waals surface area contributed by atoms with Crippen LogP contribution in [0, 0.1) is 0 Å². The molecule has 0 unspecified atom stereocenters. The van der Waals surface area contributed by atoms with E-state index in [1.54, 1.807) is 0 Å². The molecule has 15 heavy (non-hydrogen) atoms. The molecule has 0 fully saturated rings. The molecule has 0 bridgehead atoms. The summed E-state index contributed by atoms with van der Waals surface area (Å²) < 4.78 is 0. The zero-order valence-corrected chi connectivity index (χ0v) is 8.62. The minimum Gasteiger partial charge on any atom is -0.369 e. The first-order chi connectivity index (χ1) is 7.24. The van der Waals surface area contributed by atoms with Crippen LogP contribution in [0.2, 0.25) is 0 Å². The largest absolute Gasteiger partial charge is 0.369 e. The molecule has 0 spiro atoms. The summed E-state index contributed by atoms with van der Waals surface area (Å²) in [5.74, 6) is 0.140. The van der Waals surface area contributed by atoms with Gasteiger partial charge in [0, 0.05) is 11.0 Å². The van der Waals surface area contributed by atoms with Gasteiger partial charge in [0.1, 0.15) is 5.03 Å². The first kappa shape index (κ1) is 9.79. The summed E-state index contributed by atoms with van der Waals surface area (Å²) in [4.78, 5) is 18.5. The number of nitrogens with one attached hydrogen (secondary N) is 1. The molecule has 0 radical (unpaired) electrons. The minimum absolute atomic E-state index is 0.140. The monoisotopic (exact) mass is 219 g/mol. The Morgan fingerprint density at radius 3 is 2.67 bits per heavy atom. The fourth-order valence-corrected chi connectivity index (χ4v) is 1.96. The maximum absolute atomic E-state index is 11.1. The lowest BCUT2D eigenvalue weighted by Gasteiger charge is -2.00. The van der Waals surface area contributed by atoms with E-state index in [2.05, 4.69) is 9.97 Å². The Morgan fingerprint density at radius 1 is 1.27 bits per heavy atom. The summed E-state index contributed by atoms with van der Waals surface area (Å²) >= 11 is 1.40. The highest BCUT2D eigenvalue weighted by Gasteiger charge is 2.00. The van der Waals surface area contributed by atoms with E-state index in [1.807, 2.05) is 30.3 Å². The van der Waals surface area contributed by atoms with E-state index in [1.165, 1.54) is 17.8 Å². The van der Waals surface area contributed by atoms with E-state index in [9.17, 15) is 4.79 Å². The van der Waals surface area contributed by atoms with Crippen molar-refractivity contribution in [1.29, 1.82) is 0 Å². The molecule has 0 saturated carbocycles. The summed E-state index contributed by atoms with van der Waals surface area (Å²) in [6.07, 6.45) is 0. The van der Waals surface area contributed by atoms with Crippen LogP contribution < -0.4 is 11.3 Å². The fraction of sp³-hybridized carbons (Fsp3) is 0. The summed E-state index contributed by atoms with van der Waals surface area (Å²) in [6, 6.07) is 11.1. The SMILES string of the molecule is Nc1nc(Sc2ccccc2)cc(=O)[nH]1. The highest BCUT2D eigenvalue weighted by molar-refractivity contribution is 7.99. The van der Waals surface area contributed by atoms with Gasteiger partial charge in [0.15, 0.2) is 0 Å². The van der Waals surface area contributed by atoms with E-state index >= 15 is 0 Å². The van der Waals surface area contributed by atoms with Gasteiger partial charge in [-0.2, -0.15) is 0 Å². The van der Waals surface area contributed by atoms with Gasteiger partial charge in [-0.25, -0.2) is 4.98 Å². The van der Waals surface area contributed by atoms with Gasteiger partial charge in [0.05, 0.1) is 0 Å². The number of H-pyrrole nitrogens is 1. The van der Waals surface area contributed by atoms with Gasteiger partial charge in [-0.15, -0.1) is 0 Å². The average molecular weight is 219 g/mol. The molecule has 76 valence electrons. The van der Waals surface area contributed by atoms with Crippen LogP contribution in [-0.2, 0) is 0 Å². The maximum atomic E-state index is 11.1. The Kier molecular flexibility index (Phi) is 2.73. The van der Waals surface area contributed by atoms with Crippen LogP contribution in [-0.4, -0.2) is 9.97 Å².